The van der Waals surface area contributed by atoms with E-state index in [-0.39, 0.29) is 16.8 Å². The van der Waals surface area contributed by atoms with Gasteiger partial charge in [0.2, 0.25) is 16.9 Å². The van der Waals surface area contributed by atoms with Crippen molar-refractivity contribution in [3.63, 3.8) is 0 Å². The minimum absolute atomic E-state index is 0.0779. The molecule has 4 rings (SSSR count). The Morgan fingerprint density at radius 3 is 2.43 bits per heavy atom. The molecule has 30 heavy (non-hydrogen) atoms. The van der Waals surface area contributed by atoms with Gasteiger partial charge in [0.1, 0.15) is 5.01 Å². The molecule has 1 fully saturated rings. The molecule has 1 aromatic carbocycles. The van der Waals surface area contributed by atoms with Crippen molar-refractivity contribution in [1.82, 2.24) is 25.1 Å². The molecule has 0 atom stereocenters. The summed E-state index contributed by atoms with van der Waals surface area (Å²) in [4.78, 5) is 37.3. The first-order valence-electron chi connectivity index (χ1n) is 9.67. The second-order valence-electron chi connectivity index (χ2n) is 6.74. The number of benzene rings is 1. The normalized spacial score (nSPS) is 13.9. The molecule has 0 spiro atoms. The zero-order valence-electron chi connectivity index (χ0n) is 16.3. The van der Waals surface area contributed by atoms with E-state index in [0.29, 0.717) is 55.7 Å². The Hall–Kier alpha value is -3.40. The Morgan fingerprint density at radius 2 is 1.70 bits per heavy atom. The highest BCUT2D eigenvalue weighted by molar-refractivity contribution is 7.13. The molecule has 3 heterocycles. The van der Waals surface area contributed by atoms with Gasteiger partial charge in [-0.25, -0.2) is 9.97 Å². The minimum Gasteiger partial charge on any atom is -0.339 e. The van der Waals surface area contributed by atoms with E-state index in [1.807, 2.05) is 35.2 Å². The fourth-order valence-electron chi connectivity index (χ4n) is 3.13. The Bertz CT molecular complexity index is 989. The van der Waals surface area contributed by atoms with Gasteiger partial charge in [0.15, 0.2) is 0 Å². The molecule has 154 valence electrons. The quantitative estimate of drug-likeness (QED) is 0.645. The largest absolute Gasteiger partial charge is 0.339 e. The third kappa shape index (κ3) is 4.95. The SMILES string of the molecule is O=C(Nc1ccccc1)c1nnc(CCC(=O)N2CCN(c3ncccn3)CC2)s1. The molecule has 0 unspecified atom stereocenters. The number of hydrogen-bond donors (Lipinski definition) is 1. The van der Waals surface area contributed by atoms with Gasteiger partial charge in [0.25, 0.3) is 5.91 Å². The van der Waals surface area contributed by atoms with Crippen LogP contribution in [0.4, 0.5) is 11.6 Å². The first kappa shape index (κ1) is 19.9. The number of rotatable bonds is 6. The van der Waals surface area contributed by atoms with Gasteiger partial charge in [-0.15, -0.1) is 10.2 Å². The van der Waals surface area contributed by atoms with Gasteiger partial charge >= 0.3 is 0 Å². The van der Waals surface area contributed by atoms with Crippen LogP contribution in [0.25, 0.3) is 0 Å². The molecule has 9 nitrogen and oxygen atoms in total. The van der Waals surface area contributed by atoms with Crippen molar-refractivity contribution in [2.75, 3.05) is 36.4 Å². The van der Waals surface area contributed by atoms with Crippen LogP contribution in [0.3, 0.4) is 0 Å². The molecule has 2 amide bonds. The molecule has 10 heteroatoms. The van der Waals surface area contributed by atoms with Crippen molar-refractivity contribution in [2.45, 2.75) is 12.8 Å². The standard InChI is InChI=1S/C20H21N7O2S/c28-17(26-11-13-27(14-12-26)20-21-9-4-10-22-20)8-7-16-24-25-19(30-16)18(29)23-15-5-2-1-3-6-15/h1-6,9-10H,7-8,11-14H2,(H,23,29). The van der Waals surface area contributed by atoms with E-state index in [2.05, 4.69) is 30.4 Å². The number of anilines is 2. The molecule has 2 aromatic heterocycles. The Morgan fingerprint density at radius 1 is 0.967 bits per heavy atom. The van der Waals surface area contributed by atoms with Gasteiger partial charge in [-0.3, -0.25) is 9.59 Å². The lowest BCUT2D eigenvalue weighted by Crippen LogP contribution is -2.49. The van der Waals surface area contributed by atoms with E-state index in [0.717, 1.165) is 0 Å². The summed E-state index contributed by atoms with van der Waals surface area (Å²) in [5.74, 6) is 0.476. The summed E-state index contributed by atoms with van der Waals surface area (Å²) in [6.45, 7) is 2.69. The zero-order chi connectivity index (χ0) is 20.8. The summed E-state index contributed by atoms with van der Waals surface area (Å²) in [5, 5.41) is 11.8. The molecule has 3 aromatic rings. The molecule has 0 saturated carbocycles. The summed E-state index contributed by atoms with van der Waals surface area (Å²) in [7, 11) is 0. The lowest BCUT2D eigenvalue weighted by molar-refractivity contribution is -0.131. The highest BCUT2D eigenvalue weighted by Gasteiger charge is 2.23. The molecule has 0 radical (unpaired) electrons. The van der Waals surface area contributed by atoms with Gasteiger partial charge in [-0.05, 0) is 18.2 Å². The molecule has 1 N–H and O–H groups in total. The number of aromatic nitrogens is 4. The third-order valence-electron chi connectivity index (χ3n) is 4.71. The summed E-state index contributed by atoms with van der Waals surface area (Å²) in [6.07, 6.45) is 4.25. The monoisotopic (exact) mass is 423 g/mol. The number of amides is 2. The van der Waals surface area contributed by atoms with Crippen molar-refractivity contribution in [1.29, 1.82) is 0 Å². The summed E-state index contributed by atoms with van der Waals surface area (Å²) in [5.41, 5.74) is 0.703. The number of hydrogen-bond acceptors (Lipinski definition) is 8. The van der Waals surface area contributed by atoms with Crippen LogP contribution in [0.2, 0.25) is 0 Å². The van der Waals surface area contributed by atoms with Crippen LogP contribution in [0.5, 0.6) is 0 Å². The third-order valence-corrected chi connectivity index (χ3v) is 5.69. The van der Waals surface area contributed by atoms with Crippen molar-refractivity contribution >= 4 is 34.8 Å². The lowest BCUT2D eigenvalue weighted by atomic mass is 10.2. The van der Waals surface area contributed by atoms with E-state index in [4.69, 9.17) is 0 Å². The molecule has 1 aliphatic rings. The summed E-state index contributed by atoms with van der Waals surface area (Å²) in [6, 6.07) is 11.0. The fraction of sp³-hybridized carbons (Fsp3) is 0.300. The number of para-hydroxylation sites is 1. The van der Waals surface area contributed by atoms with Crippen molar-refractivity contribution in [3.05, 3.63) is 58.8 Å². The highest BCUT2D eigenvalue weighted by atomic mass is 32.1. The Kier molecular flexibility index (Phi) is 6.23. The summed E-state index contributed by atoms with van der Waals surface area (Å²) >= 11 is 1.22. The van der Waals surface area contributed by atoms with E-state index in [1.54, 1.807) is 18.5 Å². The topological polar surface area (TPSA) is 104 Å². The molecule has 1 aliphatic heterocycles. The van der Waals surface area contributed by atoms with Crippen molar-refractivity contribution < 1.29 is 9.59 Å². The average Bonchev–Trinajstić information content (AvgIpc) is 3.28. The van der Waals surface area contributed by atoms with Crippen molar-refractivity contribution in [3.8, 4) is 0 Å². The van der Waals surface area contributed by atoms with E-state index < -0.39 is 0 Å². The van der Waals surface area contributed by atoms with Gasteiger partial charge in [0, 0.05) is 57.1 Å². The van der Waals surface area contributed by atoms with Crippen LogP contribution in [-0.4, -0.2) is 63.1 Å². The van der Waals surface area contributed by atoms with Crippen LogP contribution in [0.15, 0.2) is 48.8 Å². The lowest BCUT2D eigenvalue weighted by Gasteiger charge is -2.34. The average molecular weight is 424 g/mol. The van der Waals surface area contributed by atoms with Crippen LogP contribution >= 0.6 is 11.3 Å². The maximum Gasteiger partial charge on any atom is 0.286 e. The van der Waals surface area contributed by atoms with Gasteiger partial charge in [-0.1, -0.05) is 29.5 Å². The Balaban J connectivity index is 1.24. The van der Waals surface area contributed by atoms with Gasteiger partial charge < -0.3 is 15.1 Å². The second kappa shape index (κ2) is 9.40. The number of carbonyl (C=O) groups excluding carboxylic acids is 2. The van der Waals surface area contributed by atoms with Crippen LogP contribution in [0.1, 0.15) is 21.2 Å². The maximum atomic E-state index is 12.5. The van der Waals surface area contributed by atoms with Crippen LogP contribution in [0, 0.1) is 0 Å². The summed E-state index contributed by atoms with van der Waals surface area (Å²) < 4.78 is 0. The number of piperazine rings is 1. The van der Waals surface area contributed by atoms with Gasteiger partial charge in [-0.2, -0.15) is 0 Å². The number of aryl methyl sites for hydroxylation is 1. The van der Waals surface area contributed by atoms with Gasteiger partial charge in [0.05, 0.1) is 0 Å². The van der Waals surface area contributed by atoms with E-state index in [9.17, 15) is 9.59 Å². The molecule has 1 saturated heterocycles. The molecular weight excluding hydrogens is 402 g/mol. The Labute approximate surface area is 177 Å². The van der Waals surface area contributed by atoms with Crippen LogP contribution < -0.4 is 10.2 Å². The van der Waals surface area contributed by atoms with Crippen LogP contribution in [-0.2, 0) is 11.2 Å². The van der Waals surface area contributed by atoms with E-state index >= 15 is 0 Å². The molecule has 0 bridgehead atoms. The predicted molar refractivity (Wildman–Crippen MR) is 113 cm³/mol. The van der Waals surface area contributed by atoms with Crippen molar-refractivity contribution in [2.24, 2.45) is 0 Å². The second-order valence-corrected chi connectivity index (χ2v) is 7.80. The smallest absolute Gasteiger partial charge is 0.286 e. The first-order valence-corrected chi connectivity index (χ1v) is 10.5. The van der Waals surface area contributed by atoms with E-state index in [1.165, 1.54) is 11.3 Å². The first-order chi connectivity index (χ1) is 14.7. The minimum atomic E-state index is -0.296. The molecule has 0 aliphatic carbocycles. The fourth-order valence-corrected chi connectivity index (χ4v) is 3.87. The zero-order valence-corrected chi connectivity index (χ0v) is 17.1. The number of carbonyl (C=O) groups is 2. The highest BCUT2D eigenvalue weighted by Crippen LogP contribution is 2.16. The molecular formula is C20H21N7O2S. The number of nitrogens with one attached hydrogen (secondary N) is 1. The predicted octanol–water partition coefficient (Wildman–Crippen LogP) is 1.86. The maximum absolute atomic E-state index is 12.5. The number of nitrogens with zero attached hydrogens (tertiary/aromatic N) is 6.